The summed E-state index contributed by atoms with van der Waals surface area (Å²) in [5.74, 6) is 0.989. The molecule has 1 aromatic rings. The Bertz CT molecular complexity index is 333. The molecule has 1 unspecified atom stereocenters. The Labute approximate surface area is 97.1 Å². The number of hydrogen-bond donors (Lipinski definition) is 1. The average Bonchev–Trinajstić information content (AvgIpc) is 2.22. The molecule has 0 radical (unpaired) electrons. The summed E-state index contributed by atoms with van der Waals surface area (Å²) in [7, 11) is 0. The van der Waals surface area contributed by atoms with Gasteiger partial charge in [0.15, 0.2) is 0 Å². The van der Waals surface area contributed by atoms with E-state index in [9.17, 15) is 4.39 Å². The van der Waals surface area contributed by atoms with Crippen molar-refractivity contribution in [2.75, 3.05) is 13.1 Å². The third-order valence-corrected chi connectivity index (χ3v) is 3.64. The van der Waals surface area contributed by atoms with E-state index in [1.54, 1.807) is 12.1 Å². The van der Waals surface area contributed by atoms with Crippen LogP contribution in [0, 0.1) is 11.7 Å². The largest absolute Gasteiger partial charge is 0.316 e. The van der Waals surface area contributed by atoms with Gasteiger partial charge in [0, 0.05) is 12.5 Å². The van der Waals surface area contributed by atoms with Gasteiger partial charge in [-0.3, -0.25) is 0 Å². The summed E-state index contributed by atoms with van der Waals surface area (Å²) in [5.41, 5.74) is 0.896. The molecule has 1 atom stereocenters. The van der Waals surface area contributed by atoms with Crippen LogP contribution < -0.4 is 5.32 Å². The first-order valence-electron chi connectivity index (χ1n) is 6.28. The van der Waals surface area contributed by atoms with E-state index in [1.807, 2.05) is 12.1 Å². The molecule has 0 amide bonds. The fourth-order valence-electron chi connectivity index (χ4n) is 2.45. The zero-order chi connectivity index (χ0) is 11.4. The standard InChI is InChI=1S/C14H20FN/c1-2-16-10-13(11-6-5-7-11)12-8-3-4-9-14(12)15/h3-4,8-9,11,13,16H,2,5-7,10H2,1H3. The Hall–Kier alpha value is -0.890. The summed E-state index contributed by atoms with van der Waals surface area (Å²) in [6.07, 6.45) is 3.82. The van der Waals surface area contributed by atoms with Gasteiger partial charge in [-0.1, -0.05) is 31.5 Å². The second kappa shape index (κ2) is 5.44. The maximum Gasteiger partial charge on any atom is 0.126 e. The summed E-state index contributed by atoms with van der Waals surface area (Å²) in [6, 6.07) is 7.22. The highest BCUT2D eigenvalue weighted by atomic mass is 19.1. The number of halogens is 1. The molecule has 16 heavy (non-hydrogen) atoms. The highest BCUT2D eigenvalue weighted by molar-refractivity contribution is 5.23. The summed E-state index contributed by atoms with van der Waals surface area (Å²) in [5, 5.41) is 3.36. The number of benzene rings is 1. The zero-order valence-electron chi connectivity index (χ0n) is 9.88. The summed E-state index contributed by atoms with van der Waals surface area (Å²) in [6.45, 7) is 3.96. The quantitative estimate of drug-likeness (QED) is 0.804. The topological polar surface area (TPSA) is 12.0 Å². The van der Waals surface area contributed by atoms with Crippen LogP contribution in [0.15, 0.2) is 24.3 Å². The molecule has 1 aliphatic rings. The zero-order valence-corrected chi connectivity index (χ0v) is 9.88. The van der Waals surface area contributed by atoms with Gasteiger partial charge < -0.3 is 5.32 Å². The smallest absolute Gasteiger partial charge is 0.126 e. The van der Waals surface area contributed by atoms with Gasteiger partial charge in [-0.15, -0.1) is 0 Å². The van der Waals surface area contributed by atoms with Crippen LogP contribution in [0.3, 0.4) is 0 Å². The van der Waals surface area contributed by atoms with E-state index in [-0.39, 0.29) is 5.82 Å². The number of nitrogens with one attached hydrogen (secondary N) is 1. The lowest BCUT2D eigenvalue weighted by Gasteiger charge is -2.34. The summed E-state index contributed by atoms with van der Waals surface area (Å²) in [4.78, 5) is 0. The van der Waals surface area contributed by atoms with E-state index in [4.69, 9.17) is 0 Å². The lowest BCUT2D eigenvalue weighted by Crippen LogP contribution is -2.30. The van der Waals surface area contributed by atoms with Crippen LogP contribution in [0.25, 0.3) is 0 Å². The van der Waals surface area contributed by atoms with Crippen LogP contribution in [0.4, 0.5) is 4.39 Å². The van der Waals surface area contributed by atoms with Crippen molar-refractivity contribution in [2.45, 2.75) is 32.1 Å². The Morgan fingerprint density at radius 2 is 2.12 bits per heavy atom. The van der Waals surface area contributed by atoms with Crippen molar-refractivity contribution in [1.82, 2.24) is 5.32 Å². The predicted molar refractivity (Wildman–Crippen MR) is 65.0 cm³/mol. The van der Waals surface area contributed by atoms with Crippen LogP contribution in [-0.4, -0.2) is 13.1 Å². The molecule has 1 aliphatic carbocycles. The van der Waals surface area contributed by atoms with E-state index in [2.05, 4.69) is 12.2 Å². The van der Waals surface area contributed by atoms with Crippen molar-refractivity contribution in [1.29, 1.82) is 0 Å². The lowest BCUT2D eigenvalue weighted by atomic mass is 9.73. The van der Waals surface area contributed by atoms with Gasteiger partial charge in [0.2, 0.25) is 0 Å². The Morgan fingerprint density at radius 1 is 1.38 bits per heavy atom. The Morgan fingerprint density at radius 3 is 2.69 bits per heavy atom. The van der Waals surface area contributed by atoms with Crippen LogP contribution in [0.1, 0.15) is 37.7 Å². The van der Waals surface area contributed by atoms with E-state index in [0.717, 1.165) is 18.7 Å². The molecule has 2 rings (SSSR count). The van der Waals surface area contributed by atoms with Crippen LogP contribution in [0.5, 0.6) is 0 Å². The fraction of sp³-hybridized carbons (Fsp3) is 0.571. The number of likely N-dealkylation sites (N-methyl/N-ethyl adjacent to an activating group) is 1. The predicted octanol–water partition coefficient (Wildman–Crippen LogP) is 3.32. The van der Waals surface area contributed by atoms with Crippen molar-refractivity contribution in [3.05, 3.63) is 35.6 Å². The Balaban J connectivity index is 2.13. The highest BCUT2D eigenvalue weighted by Crippen LogP contribution is 2.39. The second-order valence-electron chi connectivity index (χ2n) is 4.63. The molecule has 1 fully saturated rings. The highest BCUT2D eigenvalue weighted by Gasteiger charge is 2.29. The maximum atomic E-state index is 13.8. The third kappa shape index (κ3) is 2.43. The molecule has 0 aliphatic heterocycles. The fourth-order valence-corrected chi connectivity index (χ4v) is 2.45. The van der Waals surface area contributed by atoms with Crippen LogP contribution >= 0.6 is 0 Å². The molecule has 0 aromatic heterocycles. The van der Waals surface area contributed by atoms with Crippen molar-refractivity contribution in [3.8, 4) is 0 Å². The van der Waals surface area contributed by atoms with E-state index < -0.39 is 0 Å². The minimum Gasteiger partial charge on any atom is -0.316 e. The molecule has 1 aromatic carbocycles. The van der Waals surface area contributed by atoms with Gasteiger partial charge in [0.05, 0.1) is 0 Å². The van der Waals surface area contributed by atoms with Crippen LogP contribution in [0.2, 0.25) is 0 Å². The van der Waals surface area contributed by atoms with Gasteiger partial charge in [-0.05, 0) is 36.9 Å². The molecular weight excluding hydrogens is 201 g/mol. The van der Waals surface area contributed by atoms with Gasteiger partial charge >= 0.3 is 0 Å². The molecule has 88 valence electrons. The van der Waals surface area contributed by atoms with E-state index in [1.165, 1.54) is 19.3 Å². The van der Waals surface area contributed by atoms with Gasteiger partial charge in [0.1, 0.15) is 5.82 Å². The molecule has 0 bridgehead atoms. The summed E-state index contributed by atoms with van der Waals surface area (Å²) >= 11 is 0. The molecule has 1 saturated carbocycles. The molecule has 0 saturated heterocycles. The minimum atomic E-state index is -0.0442. The van der Waals surface area contributed by atoms with Crippen molar-refractivity contribution < 1.29 is 4.39 Å². The maximum absolute atomic E-state index is 13.8. The minimum absolute atomic E-state index is 0.0442. The molecule has 2 heteroatoms. The van der Waals surface area contributed by atoms with Crippen molar-refractivity contribution >= 4 is 0 Å². The molecule has 0 spiro atoms. The van der Waals surface area contributed by atoms with E-state index >= 15 is 0 Å². The van der Waals surface area contributed by atoms with Crippen molar-refractivity contribution in [2.24, 2.45) is 5.92 Å². The molecule has 0 heterocycles. The second-order valence-corrected chi connectivity index (χ2v) is 4.63. The number of hydrogen-bond acceptors (Lipinski definition) is 1. The monoisotopic (exact) mass is 221 g/mol. The summed E-state index contributed by atoms with van der Waals surface area (Å²) < 4.78 is 13.8. The number of rotatable bonds is 5. The van der Waals surface area contributed by atoms with Crippen LogP contribution in [-0.2, 0) is 0 Å². The lowest BCUT2D eigenvalue weighted by molar-refractivity contribution is 0.252. The first kappa shape index (κ1) is 11.6. The molecule has 1 nitrogen and oxygen atoms in total. The van der Waals surface area contributed by atoms with Gasteiger partial charge in [-0.25, -0.2) is 4.39 Å². The average molecular weight is 221 g/mol. The first-order valence-corrected chi connectivity index (χ1v) is 6.28. The Kier molecular flexibility index (Phi) is 3.94. The molecule has 1 N–H and O–H groups in total. The van der Waals surface area contributed by atoms with Crippen molar-refractivity contribution in [3.63, 3.8) is 0 Å². The third-order valence-electron chi connectivity index (χ3n) is 3.64. The SMILES string of the molecule is CCNCC(c1ccccc1F)C1CCC1. The van der Waals surface area contributed by atoms with Gasteiger partial charge in [0.25, 0.3) is 0 Å². The first-order chi connectivity index (χ1) is 7.83. The van der Waals surface area contributed by atoms with E-state index in [0.29, 0.717) is 11.8 Å². The normalized spacial score (nSPS) is 18.1. The van der Waals surface area contributed by atoms with Gasteiger partial charge in [-0.2, -0.15) is 0 Å². The molecular formula is C14H20FN.